The van der Waals surface area contributed by atoms with Crippen molar-refractivity contribution >= 4 is 11.5 Å². The van der Waals surface area contributed by atoms with E-state index >= 15 is 0 Å². The SMILES string of the molecule is CCOC(=O)c1cn2ccccc2c1-c1ccccc1C. The Labute approximate surface area is 123 Å². The topological polar surface area (TPSA) is 30.7 Å². The Hall–Kier alpha value is -2.55. The van der Waals surface area contributed by atoms with E-state index in [1.54, 1.807) is 0 Å². The van der Waals surface area contributed by atoms with Crippen molar-refractivity contribution in [3.63, 3.8) is 0 Å². The van der Waals surface area contributed by atoms with Crippen molar-refractivity contribution < 1.29 is 9.53 Å². The number of fused-ring (bicyclic) bond motifs is 1. The molecule has 0 radical (unpaired) electrons. The van der Waals surface area contributed by atoms with E-state index in [4.69, 9.17) is 4.74 Å². The lowest BCUT2D eigenvalue weighted by atomic mass is 9.98. The number of carbonyl (C=O) groups excluding carboxylic acids is 1. The maximum Gasteiger partial charge on any atom is 0.340 e. The molecule has 0 spiro atoms. The molecule has 3 rings (SSSR count). The van der Waals surface area contributed by atoms with Crippen LogP contribution in [0.4, 0.5) is 0 Å². The minimum atomic E-state index is -0.278. The van der Waals surface area contributed by atoms with Crippen molar-refractivity contribution in [3.8, 4) is 11.1 Å². The smallest absolute Gasteiger partial charge is 0.340 e. The Morgan fingerprint density at radius 1 is 1.14 bits per heavy atom. The molecule has 3 aromatic rings. The van der Waals surface area contributed by atoms with E-state index in [0.717, 1.165) is 22.2 Å². The van der Waals surface area contributed by atoms with Gasteiger partial charge >= 0.3 is 5.97 Å². The lowest BCUT2D eigenvalue weighted by molar-refractivity contribution is 0.0527. The summed E-state index contributed by atoms with van der Waals surface area (Å²) < 4.78 is 7.17. The highest BCUT2D eigenvalue weighted by Crippen LogP contribution is 2.32. The number of carbonyl (C=O) groups is 1. The molecule has 2 heterocycles. The Balaban J connectivity index is 2.31. The average molecular weight is 279 g/mol. The van der Waals surface area contributed by atoms with E-state index in [-0.39, 0.29) is 5.97 Å². The zero-order chi connectivity index (χ0) is 14.8. The van der Waals surface area contributed by atoms with E-state index < -0.39 is 0 Å². The highest BCUT2D eigenvalue weighted by atomic mass is 16.5. The van der Waals surface area contributed by atoms with Crippen LogP contribution < -0.4 is 0 Å². The summed E-state index contributed by atoms with van der Waals surface area (Å²) in [5, 5.41) is 0. The summed E-state index contributed by atoms with van der Waals surface area (Å²) in [7, 11) is 0. The van der Waals surface area contributed by atoms with E-state index in [1.807, 2.05) is 60.1 Å². The summed E-state index contributed by atoms with van der Waals surface area (Å²) in [6, 6.07) is 14.0. The van der Waals surface area contributed by atoms with Crippen LogP contribution in [0.25, 0.3) is 16.6 Å². The third-order valence-electron chi connectivity index (χ3n) is 3.59. The highest BCUT2D eigenvalue weighted by Gasteiger charge is 2.20. The Morgan fingerprint density at radius 2 is 1.90 bits per heavy atom. The van der Waals surface area contributed by atoms with Gasteiger partial charge in [0.15, 0.2) is 0 Å². The van der Waals surface area contributed by atoms with Crippen LogP contribution in [0.15, 0.2) is 54.9 Å². The van der Waals surface area contributed by atoms with Gasteiger partial charge in [-0.25, -0.2) is 4.79 Å². The monoisotopic (exact) mass is 279 g/mol. The van der Waals surface area contributed by atoms with Crippen LogP contribution in [0.1, 0.15) is 22.8 Å². The molecule has 0 aliphatic carbocycles. The molecule has 2 aromatic heterocycles. The van der Waals surface area contributed by atoms with Gasteiger partial charge in [0.05, 0.1) is 17.7 Å². The number of rotatable bonds is 3. The lowest BCUT2D eigenvalue weighted by Gasteiger charge is -2.08. The molecule has 106 valence electrons. The number of ether oxygens (including phenoxy) is 1. The van der Waals surface area contributed by atoms with E-state index in [0.29, 0.717) is 12.2 Å². The van der Waals surface area contributed by atoms with Gasteiger partial charge in [0, 0.05) is 18.0 Å². The predicted molar refractivity (Wildman–Crippen MR) is 83.5 cm³/mol. The third kappa shape index (κ3) is 2.31. The fraction of sp³-hybridized carbons (Fsp3) is 0.167. The van der Waals surface area contributed by atoms with Crippen LogP contribution in [0.5, 0.6) is 0 Å². The normalized spacial score (nSPS) is 10.8. The molecule has 0 fully saturated rings. The van der Waals surface area contributed by atoms with Crippen LogP contribution in [-0.4, -0.2) is 17.0 Å². The van der Waals surface area contributed by atoms with Crippen molar-refractivity contribution in [2.45, 2.75) is 13.8 Å². The Kier molecular flexibility index (Phi) is 3.48. The van der Waals surface area contributed by atoms with Crippen molar-refractivity contribution in [1.29, 1.82) is 0 Å². The summed E-state index contributed by atoms with van der Waals surface area (Å²) >= 11 is 0. The van der Waals surface area contributed by atoms with Gasteiger partial charge in [-0.3, -0.25) is 0 Å². The molecule has 21 heavy (non-hydrogen) atoms. The number of benzene rings is 1. The molecule has 1 aromatic carbocycles. The lowest BCUT2D eigenvalue weighted by Crippen LogP contribution is -2.05. The molecule has 0 amide bonds. The fourth-order valence-corrected chi connectivity index (χ4v) is 2.62. The van der Waals surface area contributed by atoms with Gasteiger partial charge in [-0.2, -0.15) is 0 Å². The molecule has 3 nitrogen and oxygen atoms in total. The van der Waals surface area contributed by atoms with Gasteiger partial charge in [0.25, 0.3) is 0 Å². The first-order chi connectivity index (χ1) is 10.2. The van der Waals surface area contributed by atoms with Gasteiger partial charge in [0.1, 0.15) is 0 Å². The van der Waals surface area contributed by atoms with Crippen molar-refractivity contribution in [3.05, 3.63) is 66.0 Å². The largest absolute Gasteiger partial charge is 0.462 e. The van der Waals surface area contributed by atoms with E-state index in [1.165, 1.54) is 0 Å². The Morgan fingerprint density at radius 3 is 2.67 bits per heavy atom. The van der Waals surface area contributed by atoms with Crippen LogP contribution in [0, 0.1) is 6.92 Å². The molecule has 0 bridgehead atoms. The van der Waals surface area contributed by atoms with Crippen LogP contribution in [0.2, 0.25) is 0 Å². The predicted octanol–water partition coefficient (Wildman–Crippen LogP) is 4.09. The zero-order valence-corrected chi connectivity index (χ0v) is 12.2. The summed E-state index contributed by atoms with van der Waals surface area (Å²) in [6.45, 7) is 4.25. The van der Waals surface area contributed by atoms with Crippen molar-refractivity contribution in [1.82, 2.24) is 4.40 Å². The highest BCUT2D eigenvalue weighted by molar-refractivity contribution is 6.03. The molecule has 0 unspecified atom stereocenters. The number of esters is 1. The van der Waals surface area contributed by atoms with Gasteiger partial charge in [0.2, 0.25) is 0 Å². The third-order valence-corrected chi connectivity index (χ3v) is 3.59. The zero-order valence-electron chi connectivity index (χ0n) is 12.2. The van der Waals surface area contributed by atoms with E-state index in [9.17, 15) is 4.79 Å². The van der Waals surface area contributed by atoms with Crippen LogP contribution in [-0.2, 0) is 4.74 Å². The standard InChI is InChI=1S/C18H17NO2/c1-3-21-18(20)15-12-19-11-7-6-10-16(19)17(15)14-9-5-4-8-13(14)2/h4-12H,3H2,1-2H3. The average Bonchev–Trinajstić information content (AvgIpc) is 2.87. The summed E-state index contributed by atoms with van der Waals surface area (Å²) in [4.78, 5) is 12.3. The van der Waals surface area contributed by atoms with Crippen molar-refractivity contribution in [2.75, 3.05) is 6.61 Å². The molecular weight excluding hydrogens is 262 g/mol. The van der Waals surface area contributed by atoms with E-state index in [2.05, 4.69) is 13.0 Å². The first-order valence-corrected chi connectivity index (χ1v) is 7.05. The molecule has 0 aliphatic heterocycles. The van der Waals surface area contributed by atoms with Gasteiger partial charge in [-0.15, -0.1) is 0 Å². The maximum absolute atomic E-state index is 12.3. The quantitative estimate of drug-likeness (QED) is 0.676. The number of nitrogens with zero attached hydrogens (tertiary/aromatic N) is 1. The molecule has 0 aliphatic rings. The maximum atomic E-state index is 12.3. The molecule has 0 atom stereocenters. The second kappa shape index (κ2) is 5.44. The van der Waals surface area contributed by atoms with Crippen LogP contribution in [0.3, 0.4) is 0 Å². The number of aromatic nitrogens is 1. The van der Waals surface area contributed by atoms with Crippen molar-refractivity contribution in [2.24, 2.45) is 0 Å². The summed E-state index contributed by atoms with van der Waals surface area (Å²) in [6.07, 6.45) is 3.79. The van der Waals surface area contributed by atoms with Gasteiger partial charge in [-0.1, -0.05) is 30.3 Å². The second-order valence-corrected chi connectivity index (χ2v) is 4.95. The minimum absolute atomic E-state index is 0.278. The number of aryl methyl sites for hydroxylation is 1. The first-order valence-electron chi connectivity index (χ1n) is 7.05. The van der Waals surface area contributed by atoms with Crippen LogP contribution >= 0.6 is 0 Å². The number of pyridine rings is 1. The second-order valence-electron chi connectivity index (χ2n) is 4.95. The number of hydrogen-bond acceptors (Lipinski definition) is 2. The molecule has 3 heteroatoms. The molecule has 0 N–H and O–H groups in total. The Bertz CT molecular complexity index is 802. The number of hydrogen-bond donors (Lipinski definition) is 0. The molecule has 0 saturated carbocycles. The summed E-state index contributed by atoms with van der Waals surface area (Å²) in [5.41, 5.74) is 4.76. The van der Waals surface area contributed by atoms with Gasteiger partial charge < -0.3 is 9.14 Å². The first kappa shape index (κ1) is 13.4. The minimum Gasteiger partial charge on any atom is -0.462 e. The summed E-state index contributed by atoms with van der Waals surface area (Å²) in [5.74, 6) is -0.278. The molecular formula is C18H17NO2. The fourth-order valence-electron chi connectivity index (χ4n) is 2.62. The van der Waals surface area contributed by atoms with Gasteiger partial charge in [-0.05, 0) is 37.1 Å². The molecule has 0 saturated heterocycles.